The van der Waals surface area contributed by atoms with Gasteiger partial charge in [0.25, 0.3) is 5.91 Å². The van der Waals surface area contributed by atoms with Gasteiger partial charge in [-0.25, -0.2) is 0 Å². The van der Waals surface area contributed by atoms with Gasteiger partial charge in [0.05, 0.1) is 11.3 Å². The lowest BCUT2D eigenvalue weighted by molar-refractivity contribution is 0.0745. The predicted molar refractivity (Wildman–Crippen MR) is 120 cm³/mol. The molecule has 6 nitrogen and oxygen atoms in total. The summed E-state index contributed by atoms with van der Waals surface area (Å²) in [6.45, 7) is 7.96. The lowest BCUT2D eigenvalue weighted by atomic mass is 10.1. The van der Waals surface area contributed by atoms with Gasteiger partial charge < -0.3 is 18.9 Å². The largest absolute Gasteiger partial charge is 0.486 e. The van der Waals surface area contributed by atoms with Crippen molar-refractivity contribution in [3.63, 3.8) is 0 Å². The first-order chi connectivity index (χ1) is 15.1. The number of amides is 1. The first-order valence-electron chi connectivity index (χ1n) is 10.4. The Morgan fingerprint density at radius 1 is 1.10 bits per heavy atom. The molecule has 7 heteroatoms. The molecule has 2 aromatic carbocycles. The number of hydrogen-bond donors (Lipinski definition) is 0. The van der Waals surface area contributed by atoms with Crippen molar-refractivity contribution in [1.82, 2.24) is 10.1 Å². The van der Waals surface area contributed by atoms with Gasteiger partial charge in [-0.1, -0.05) is 29.4 Å². The van der Waals surface area contributed by atoms with Crippen LogP contribution in [0.15, 0.2) is 51.9 Å². The number of nitrogens with zero attached hydrogens (tertiary/aromatic N) is 2. The molecule has 0 unspecified atom stereocenters. The van der Waals surface area contributed by atoms with Gasteiger partial charge in [0.2, 0.25) is 0 Å². The van der Waals surface area contributed by atoms with Crippen LogP contribution in [-0.4, -0.2) is 35.7 Å². The zero-order valence-electron chi connectivity index (χ0n) is 18.0. The minimum absolute atomic E-state index is 0.00121. The fourth-order valence-electron chi connectivity index (χ4n) is 3.59. The molecule has 31 heavy (non-hydrogen) atoms. The van der Waals surface area contributed by atoms with Crippen LogP contribution in [0, 0.1) is 13.8 Å². The van der Waals surface area contributed by atoms with Crippen molar-refractivity contribution in [2.24, 2.45) is 0 Å². The quantitative estimate of drug-likeness (QED) is 0.483. The van der Waals surface area contributed by atoms with Crippen molar-refractivity contribution >= 4 is 17.7 Å². The Bertz CT molecular complexity index is 1060. The first kappa shape index (κ1) is 21.3. The van der Waals surface area contributed by atoms with Gasteiger partial charge in [-0.3, -0.25) is 4.79 Å². The van der Waals surface area contributed by atoms with Crippen LogP contribution in [0.4, 0.5) is 0 Å². The average Bonchev–Trinajstić information content (AvgIpc) is 3.13. The van der Waals surface area contributed by atoms with Crippen LogP contribution < -0.4 is 9.47 Å². The van der Waals surface area contributed by atoms with Gasteiger partial charge >= 0.3 is 0 Å². The van der Waals surface area contributed by atoms with Crippen LogP contribution in [0.5, 0.6) is 11.5 Å². The molecular weight excluding hydrogens is 412 g/mol. The van der Waals surface area contributed by atoms with Gasteiger partial charge in [0.1, 0.15) is 19.0 Å². The van der Waals surface area contributed by atoms with Crippen molar-refractivity contribution in [2.45, 2.75) is 38.0 Å². The number of rotatable bonds is 7. The molecule has 0 fully saturated rings. The van der Waals surface area contributed by atoms with E-state index in [1.807, 2.05) is 68.1 Å². The molecule has 162 valence electrons. The molecular formula is C24H26N2O4S. The maximum atomic E-state index is 13.5. The second-order valence-electron chi connectivity index (χ2n) is 7.35. The van der Waals surface area contributed by atoms with E-state index in [4.69, 9.17) is 14.0 Å². The molecule has 0 N–H and O–H groups in total. The molecule has 0 atom stereocenters. The summed E-state index contributed by atoms with van der Waals surface area (Å²) < 4.78 is 16.8. The van der Waals surface area contributed by atoms with E-state index >= 15 is 0 Å². The highest BCUT2D eigenvalue weighted by atomic mass is 32.2. The second kappa shape index (κ2) is 9.47. The van der Waals surface area contributed by atoms with Crippen molar-refractivity contribution in [2.75, 3.05) is 19.8 Å². The first-order valence-corrected chi connectivity index (χ1v) is 11.4. The highest BCUT2D eigenvalue weighted by molar-refractivity contribution is 7.98. The van der Waals surface area contributed by atoms with Crippen LogP contribution in [0.3, 0.4) is 0 Å². The van der Waals surface area contributed by atoms with Crippen LogP contribution >= 0.6 is 11.8 Å². The number of ether oxygens (including phenoxy) is 2. The summed E-state index contributed by atoms with van der Waals surface area (Å²) in [5.41, 5.74) is 3.61. The third-order valence-corrected chi connectivity index (χ3v) is 6.45. The van der Waals surface area contributed by atoms with Crippen LogP contribution in [0.25, 0.3) is 0 Å². The number of aromatic nitrogens is 1. The van der Waals surface area contributed by atoms with Gasteiger partial charge in [-0.15, -0.1) is 11.8 Å². The van der Waals surface area contributed by atoms with Gasteiger partial charge in [-0.05, 0) is 39.0 Å². The van der Waals surface area contributed by atoms with Gasteiger partial charge in [-0.2, -0.15) is 0 Å². The van der Waals surface area contributed by atoms with Crippen molar-refractivity contribution in [1.29, 1.82) is 0 Å². The molecule has 1 aliphatic rings. The van der Waals surface area contributed by atoms with E-state index in [9.17, 15) is 4.79 Å². The Morgan fingerprint density at radius 3 is 2.68 bits per heavy atom. The number of para-hydroxylation sites is 1. The number of thioether (sulfide) groups is 1. The van der Waals surface area contributed by atoms with Crippen LogP contribution in [-0.2, 0) is 12.3 Å². The predicted octanol–water partition coefficient (Wildman–Crippen LogP) is 5.02. The Labute approximate surface area is 186 Å². The third-order valence-electron chi connectivity index (χ3n) is 5.35. The third kappa shape index (κ3) is 4.56. The second-order valence-corrected chi connectivity index (χ2v) is 8.37. The fraction of sp³-hybridized carbons (Fsp3) is 0.333. The Morgan fingerprint density at radius 2 is 1.90 bits per heavy atom. The molecule has 0 spiro atoms. The summed E-state index contributed by atoms with van der Waals surface area (Å²) in [6, 6.07) is 13.6. The molecule has 0 saturated heterocycles. The van der Waals surface area contributed by atoms with Crippen LogP contribution in [0.1, 0.15) is 39.9 Å². The maximum absolute atomic E-state index is 13.5. The van der Waals surface area contributed by atoms with E-state index in [0.717, 1.165) is 39.0 Å². The standard InChI is InChI=1S/C24H26N2O4S/c1-4-26(14-18-8-7-10-21-23(18)29-13-12-28-21)24(27)19-9-5-6-11-22(19)31-15-20-16(2)25-30-17(20)3/h5-11H,4,12-15H2,1-3H3. The van der Waals surface area contributed by atoms with Crippen LogP contribution in [0.2, 0.25) is 0 Å². The minimum atomic E-state index is -0.00121. The molecule has 1 aromatic heterocycles. The number of hydrogen-bond acceptors (Lipinski definition) is 6. The highest BCUT2D eigenvalue weighted by Gasteiger charge is 2.22. The molecule has 0 radical (unpaired) electrons. The molecule has 1 amide bonds. The summed E-state index contributed by atoms with van der Waals surface area (Å²) in [6.07, 6.45) is 0. The Balaban J connectivity index is 1.54. The zero-order valence-corrected chi connectivity index (χ0v) is 18.8. The van der Waals surface area contributed by atoms with E-state index in [1.54, 1.807) is 11.8 Å². The molecule has 3 aromatic rings. The number of fused-ring (bicyclic) bond motifs is 1. The van der Waals surface area contributed by atoms with E-state index in [1.165, 1.54) is 0 Å². The summed E-state index contributed by atoms with van der Waals surface area (Å²) >= 11 is 1.63. The summed E-state index contributed by atoms with van der Waals surface area (Å²) in [4.78, 5) is 16.3. The SMILES string of the molecule is CCN(Cc1cccc2c1OCCO2)C(=O)c1ccccc1SCc1c(C)noc1C. The van der Waals surface area contributed by atoms with Crippen molar-refractivity contribution < 1.29 is 18.8 Å². The Kier molecular flexibility index (Phi) is 6.51. The lowest BCUT2D eigenvalue weighted by Crippen LogP contribution is -2.31. The molecule has 4 rings (SSSR count). The maximum Gasteiger partial charge on any atom is 0.255 e. The summed E-state index contributed by atoms with van der Waals surface area (Å²) in [5, 5.41) is 4.02. The zero-order chi connectivity index (χ0) is 21.8. The molecule has 1 aliphatic heterocycles. The van der Waals surface area contributed by atoms with E-state index in [0.29, 0.717) is 37.6 Å². The molecule has 2 heterocycles. The highest BCUT2D eigenvalue weighted by Crippen LogP contribution is 2.35. The van der Waals surface area contributed by atoms with E-state index in [2.05, 4.69) is 5.16 Å². The van der Waals surface area contributed by atoms with Crippen molar-refractivity contribution in [3.05, 3.63) is 70.6 Å². The molecule has 0 saturated carbocycles. The lowest BCUT2D eigenvalue weighted by Gasteiger charge is -2.26. The average molecular weight is 439 g/mol. The number of carbonyl (C=O) groups excluding carboxylic acids is 1. The smallest absolute Gasteiger partial charge is 0.255 e. The Hall–Kier alpha value is -2.93. The number of carbonyl (C=O) groups is 1. The van der Waals surface area contributed by atoms with Gasteiger partial charge in [0, 0.05) is 34.9 Å². The number of aryl methyl sites for hydroxylation is 2. The van der Waals surface area contributed by atoms with E-state index < -0.39 is 0 Å². The summed E-state index contributed by atoms with van der Waals surface area (Å²) in [7, 11) is 0. The number of benzene rings is 2. The topological polar surface area (TPSA) is 64.8 Å². The summed E-state index contributed by atoms with van der Waals surface area (Å²) in [5.74, 6) is 3.00. The van der Waals surface area contributed by atoms with Crippen molar-refractivity contribution in [3.8, 4) is 11.5 Å². The monoisotopic (exact) mass is 438 g/mol. The van der Waals surface area contributed by atoms with E-state index in [-0.39, 0.29) is 5.91 Å². The fourth-order valence-corrected chi connectivity index (χ4v) is 4.79. The minimum Gasteiger partial charge on any atom is -0.486 e. The normalized spacial score (nSPS) is 12.6. The molecule has 0 aliphatic carbocycles. The molecule has 0 bridgehead atoms. The van der Waals surface area contributed by atoms with Gasteiger partial charge in [0.15, 0.2) is 11.5 Å².